The Morgan fingerprint density at radius 1 is 1.09 bits per heavy atom. The van der Waals surface area contributed by atoms with Gasteiger partial charge in [0.15, 0.2) is 5.16 Å². The van der Waals surface area contributed by atoms with Gasteiger partial charge < -0.3 is 0 Å². The number of benzene rings is 2. The summed E-state index contributed by atoms with van der Waals surface area (Å²) in [6.45, 7) is 4.12. The Bertz CT molecular complexity index is 843. The molecule has 0 saturated heterocycles. The zero-order valence-electron chi connectivity index (χ0n) is 12.7. The van der Waals surface area contributed by atoms with Gasteiger partial charge in [-0.1, -0.05) is 61.2 Å². The summed E-state index contributed by atoms with van der Waals surface area (Å²) >= 11 is 1.61. The van der Waals surface area contributed by atoms with Crippen LogP contribution in [0.25, 0.3) is 10.9 Å². The highest BCUT2D eigenvalue weighted by Crippen LogP contribution is 2.24. The maximum atomic E-state index is 12.9. The molecule has 0 saturated carbocycles. The van der Waals surface area contributed by atoms with Crippen LogP contribution < -0.4 is 5.56 Å². The van der Waals surface area contributed by atoms with Crippen molar-refractivity contribution >= 4 is 22.7 Å². The number of nitrogens with zero attached hydrogens (tertiary/aromatic N) is 2. The van der Waals surface area contributed by atoms with Gasteiger partial charge in [0.25, 0.3) is 5.56 Å². The van der Waals surface area contributed by atoms with E-state index in [9.17, 15) is 4.79 Å². The van der Waals surface area contributed by atoms with E-state index in [2.05, 4.69) is 6.92 Å². The minimum atomic E-state index is -0.0418. The highest BCUT2D eigenvalue weighted by molar-refractivity contribution is 7.99. The van der Waals surface area contributed by atoms with Gasteiger partial charge in [-0.2, -0.15) is 0 Å². The monoisotopic (exact) mass is 310 g/mol. The number of hydrogen-bond acceptors (Lipinski definition) is 3. The molecule has 1 heterocycles. The van der Waals surface area contributed by atoms with Crippen molar-refractivity contribution in [2.45, 2.75) is 25.0 Å². The number of aromatic nitrogens is 2. The summed E-state index contributed by atoms with van der Waals surface area (Å²) in [5, 5.41) is 1.45. The number of hydrogen-bond donors (Lipinski definition) is 0. The number of para-hydroxylation sites is 1. The van der Waals surface area contributed by atoms with Crippen LogP contribution in [0.2, 0.25) is 0 Å². The molecule has 1 atom stereocenters. The summed E-state index contributed by atoms with van der Waals surface area (Å²) in [5.74, 6) is 0.881. The standard InChI is InChI=1S/C18H18N2OS/c1-3-22-18-19-16-12-8-7-11-15(16)17(21)20(18)13(2)14-9-5-4-6-10-14/h4-13H,3H2,1-2H3. The van der Waals surface area contributed by atoms with E-state index in [1.807, 2.05) is 66.1 Å². The lowest BCUT2D eigenvalue weighted by Gasteiger charge is -2.19. The summed E-state index contributed by atoms with van der Waals surface area (Å²) in [7, 11) is 0. The van der Waals surface area contributed by atoms with Crippen LogP contribution in [0.3, 0.4) is 0 Å². The molecule has 0 radical (unpaired) electrons. The molecule has 0 aliphatic carbocycles. The van der Waals surface area contributed by atoms with E-state index >= 15 is 0 Å². The maximum Gasteiger partial charge on any atom is 0.262 e. The Morgan fingerprint density at radius 3 is 2.50 bits per heavy atom. The lowest BCUT2D eigenvalue weighted by Crippen LogP contribution is -2.27. The van der Waals surface area contributed by atoms with Gasteiger partial charge in [0.2, 0.25) is 0 Å². The third-order valence-electron chi connectivity index (χ3n) is 3.72. The van der Waals surface area contributed by atoms with Crippen molar-refractivity contribution in [1.29, 1.82) is 0 Å². The van der Waals surface area contributed by atoms with Crippen LogP contribution in [0, 0.1) is 0 Å². The van der Waals surface area contributed by atoms with Gasteiger partial charge in [-0.15, -0.1) is 0 Å². The summed E-state index contributed by atoms with van der Waals surface area (Å²) < 4.78 is 1.81. The molecular formula is C18H18N2OS. The second-order valence-corrected chi connectivity index (χ2v) is 6.34. The molecule has 0 bridgehead atoms. The summed E-state index contributed by atoms with van der Waals surface area (Å²) in [6.07, 6.45) is 0. The molecule has 4 heteroatoms. The molecule has 2 aromatic carbocycles. The maximum absolute atomic E-state index is 12.9. The Labute approximate surface area is 134 Å². The highest BCUT2D eigenvalue weighted by Gasteiger charge is 2.17. The molecule has 0 spiro atoms. The summed E-state index contributed by atoms with van der Waals surface area (Å²) in [6, 6.07) is 17.6. The van der Waals surface area contributed by atoms with Crippen LogP contribution in [0.15, 0.2) is 64.5 Å². The Kier molecular flexibility index (Phi) is 4.29. The molecule has 3 nitrogen and oxygen atoms in total. The summed E-state index contributed by atoms with van der Waals surface area (Å²) in [5.41, 5.74) is 1.90. The first-order valence-electron chi connectivity index (χ1n) is 7.41. The van der Waals surface area contributed by atoms with Crippen molar-refractivity contribution in [1.82, 2.24) is 9.55 Å². The Morgan fingerprint density at radius 2 is 1.77 bits per heavy atom. The average Bonchev–Trinajstić information content (AvgIpc) is 2.56. The normalized spacial score (nSPS) is 12.5. The lowest BCUT2D eigenvalue weighted by molar-refractivity contribution is 0.549. The van der Waals surface area contributed by atoms with Crippen molar-refractivity contribution < 1.29 is 0 Å². The van der Waals surface area contributed by atoms with E-state index in [1.54, 1.807) is 11.8 Å². The molecule has 0 N–H and O–H groups in total. The fourth-order valence-corrected chi connectivity index (χ4v) is 3.38. The van der Waals surface area contributed by atoms with Crippen LogP contribution in [0.5, 0.6) is 0 Å². The van der Waals surface area contributed by atoms with Crippen LogP contribution in [-0.4, -0.2) is 15.3 Å². The van der Waals surface area contributed by atoms with Crippen LogP contribution >= 0.6 is 11.8 Å². The molecular weight excluding hydrogens is 292 g/mol. The first kappa shape index (κ1) is 14.9. The van der Waals surface area contributed by atoms with Gasteiger partial charge in [-0.3, -0.25) is 9.36 Å². The molecule has 1 aromatic heterocycles. The van der Waals surface area contributed by atoms with Crippen molar-refractivity contribution in [2.24, 2.45) is 0 Å². The molecule has 0 amide bonds. The molecule has 3 rings (SSSR count). The van der Waals surface area contributed by atoms with Gasteiger partial charge in [0, 0.05) is 0 Å². The van der Waals surface area contributed by atoms with Crippen molar-refractivity contribution in [2.75, 3.05) is 5.75 Å². The fraction of sp³-hybridized carbons (Fsp3) is 0.222. The average molecular weight is 310 g/mol. The largest absolute Gasteiger partial charge is 0.280 e. The molecule has 0 aliphatic heterocycles. The van der Waals surface area contributed by atoms with Gasteiger partial charge in [0.1, 0.15) is 0 Å². The van der Waals surface area contributed by atoms with E-state index in [0.717, 1.165) is 22.0 Å². The first-order chi connectivity index (χ1) is 10.7. The van der Waals surface area contributed by atoms with E-state index < -0.39 is 0 Å². The van der Waals surface area contributed by atoms with E-state index in [-0.39, 0.29) is 11.6 Å². The summed E-state index contributed by atoms with van der Waals surface area (Å²) in [4.78, 5) is 17.6. The predicted octanol–water partition coefficient (Wildman–Crippen LogP) is 4.12. The van der Waals surface area contributed by atoms with Crippen LogP contribution in [0.1, 0.15) is 25.5 Å². The predicted molar refractivity (Wildman–Crippen MR) is 92.7 cm³/mol. The number of rotatable bonds is 4. The smallest absolute Gasteiger partial charge is 0.262 e. The quantitative estimate of drug-likeness (QED) is 0.537. The minimum Gasteiger partial charge on any atom is -0.280 e. The second kappa shape index (κ2) is 6.36. The van der Waals surface area contributed by atoms with Gasteiger partial charge in [-0.05, 0) is 30.4 Å². The van der Waals surface area contributed by atoms with E-state index in [0.29, 0.717) is 5.39 Å². The van der Waals surface area contributed by atoms with E-state index in [1.165, 1.54) is 0 Å². The minimum absolute atomic E-state index is 0.0258. The molecule has 22 heavy (non-hydrogen) atoms. The third-order valence-corrected chi connectivity index (χ3v) is 4.55. The zero-order chi connectivity index (χ0) is 15.5. The SMILES string of the molecule is CCSc1nc2ccccc2c(=O)n1C(C)c1ccccc1. The van der Waals surface area contributed by atoms with Crippen molar-refractivity contribution in [3.05, 3.63) is 70.5 Å². The Balaban J connectivity index is 2.24. The topological polar surface area (TPSA) is 34.9 Å². The van der Waals surface area contributed by atoms with E-state index in [4.69, 9.17) is 4.98 Å². The third kappa shape index (κ3) is 2.66. The van der Waals surface area contributed by atoms with Crippen LogP contribution in [0.4, 0.5) is 0 Å². The van der Waals surface area contributed by atoms with Gasteiger partial charge >= 0.3 is 0 Å². The molecule has 0 fully saturated rings. The first-order valence-corrected chi connectivity index (χ1v) is 8.40. The number of thioether (sulfide) groups is 1. The van der Waals surface area contributed by atoms with Crippen molar-refractivity contribution in [3.8, 4) is 0 Å². The molecule has 1 unspecified atom stereocenters. The van der Waals surface area contributed by atoms with Crippen LogP contribution in [-0.2, 0) is 0 Å². The molecule has 112 valence electrons. The Hall–Kier alpha value is -2.07. The molecule has 0 aliphatic rings. The fourth-order valence-electron chi connectivity index (χ4n) is 2.58. The highest BCUT2D eigenvalue weighted by atomic mass is 32.2. The van der Waals surface area contributed by atoms with Crippen molar-refractivity contribution in [3.63, 3.8) is 0 Å². The number of fused-ring (bicyclic) bond motifs is 1. The molecule has 3 aromatic rings. The van der Waals surface area contributed by atoms with Gasteiger partial charge in [-0.25, -0.2) is 4.98 Å². The lowest BCUT2D eigenvalue weighted by atomic mass is 10.1. The zero-order valence-corrected chi connectivity index (χ0v) is 13.5. The van der Waals surface area contributed by atoms with Gasteiger partial charge in [0.05, 0.1) is 16.9 Å². The second-order valence-electron chi connectivity index (χ2n) is 5.11.